The minimum absolute atomic E-state index is 0.410. The fraction of sp³-hybridized carbons (Fsp3) is 0.667. The van der Waals surface area contributed by atoms with Crippen LogP contribution in [0.5, 0.6) is 0 Å². The second-order valence-corrected chi connectivity index (χ2v) is 5.79. The lowest BCUT2D eigenvalue weighted by Crippen LogP contribution is -2.48. The summed E-state index contributed by atoms with van der Waals surface area (Å²) < 4.78 is 6.09. The molecule has 0 saturated heterocycles. The Morgan fingerprint density at radius 2 is 2.40 bits per heavy atom. The molecule has 1 saturated carbocycles. The molecule has 15 heavy (non-hydrogen) atoms. The maximum absolute atomic E-state index is 5.68. The van der Waals surface area contributed by atoms with Crippen LogP contribution in [0.1, 0.15) is 36.6 Å². The lowest BCUT2D eigenvalue weighted by Gasteiger charge is -2.47. The molecule has 0 spiro atoms. The maximum atomic E-state index is 5.68. The highest BCUT2D eigenvalue weighted by Crippen LogP contribution is 2.52. The van der Waals surface area contributed by atoms with Gasteiger partial charge in [0.05, 0.1) is 12.3 Å². The molecule has 1 fully saturated rings. The van der Waals surface area contributed by atoms with Gasteiger partial charge >= 0.3 is 0 Å². The van der Waals surface area contributed by atoms with Gasteiger partial charge in [-0.2, -0.15) is 11.8 Å². The smallest absolute Gasteiger partial charge is 0.125 e. The van der Waals surface area contributed by atoms with Crippen molar-refractivity contribution in [2.24, 2.45) is 0 Å². The third-order valence-electron chi connectivity index (χ3n) is 3.92. The number of furan rings is 1. The fourth-order valence-electron chi connectivity index (χ4n) is 2.81. The summed E-state index contributed by atoms with van der Waals surface area (Å²) in [6, 6.07) is 2.58. The van der Waals surface area contributed by atoms with E-state index in [9.17, 15) is 0 Å². The van der Waals surface area contributed by atoms with Crippen LogP contribution in [-0.4, -0.2) is 17.5 Å². The Kier molecular flexibility index (Phi) is 2.33. The summed E-state index contributed by atoms with van der Waals surface area (Å²) in [4.78, 5) is 0. The van der Waals surface area contributed by atoms with E-state index in [2.05, 4.69) is 17.6 Å². The van der Waals surface area contributed by atoms with Crippen molar-refractivity contribution in [1.29, 1.82) is 0 Å². The third kappa shape index (κ3) is 1.36. The predicted octanol–water partition coefficient (Wildman–Crippen LogP) is 2.75. The van der Waals surface area contributed by atoms with Crippen LogP contribution in [0.2, 0.25) is 0 Å². The zero-order valence-electron chi connectivity index (χ0n) is 9.08. The van der Waals surface area contributed by atoms with Gasteiger partial charge in [0.15, 0.2) is 0 Å². The molecule has 1 aliphatic carbocycles. The van der Waals surface area contributed by atoms with Crippen LogP contribution in [0.3, 0.4) is 0 Å². The van der Waals surface area contributed by atoms with E-state index in [4.69, 9.17) is 4.42 Å². The Labute approximate surface area is 94.8 Å². The zero-order chi connectivity index (χ0) is 10.3. The van der Waals surface area contributed by atoms with Crippen LogP contribution in [0.25, 0.3) is 0 Å². The molecule has 0 bridgehead atoms. The molecule has 3 heteroatoms. The van der Waals surface area contributed by atoms with Crippen molar-refractivity contribution in [3.8, 4) is 0 Å². The first-order valence-corrected chi connectivity index (χ1v) is 6.93. The molecule has 2 heterocycles. The Morgan fingerprint density at radius 3 is 3.07 bits per heavy atom. The first-order chi connectivity index (χ1) is 7.36. The lowest BCUT2D eigenvalue weighted by atomic mass is 9.76. The van der Waals surface area contributed by atoms with Gasteiger partial charge in [0.25, 0.3) is 0 Å². The molecule has 1 N–H and O–H groups in total. The van der Waals surface area contributed by atoms with Crippen LogP contribution in [0.15, 0.2) is 16.7 Å². The van der Waals surface area contributed by atoms with E-state index in [1.54, 1.807) is 0 Å². The summed E-state index contributed by atoms with van der Waals surface area (Å²) >= 11 is 2.01. The minimum atomic E-state index is 0.410. The summed E-state index contributed by atoms with van der Waals surface area (Å²) in [5, 5.41) is 3.64. The number of rotatable bonds is 2. The van der Waals surface area contributed by atoms with Gasteiger partial charge in [-0.25, -0.2) is 0 Å². The minimum Gasteiger partial charge on any atom is -0.467 e. The summed E-state index contributed by atoms with van der Waals surface area (Å²) in [7, 11) is 0. The Bertz CT molecular complexity index is 351. The van der Waals surface area contributed by atoms with E-state index in [0.717, 1.165) is 13.0 Å². The fourth-order valence-corrected chi connectivity index (χ4v) is 3.93. The van der Waals surface area contributed by atoms with Gasteiger partial charge in [-0.15, -0.1) is 0 Å². The van der Waals surface area contributed by atoms with Gasteiger partial charge in [0.2, 0.25) is 0 Å². The van der Waals surface area contributed by atoms with Gasteiger partial charge in [0.1, 0.15) is 5.76 Å². The SMILES string of the molecule is CSC1(C2NCCc3ccoc32)CCC1. The lowest BCUT2D eigenvalue weighted by molar-refractivity contribution is 0.236. The van der Waals surface area contributed by atoms with Gasteiger partial charge in [-0.05, 0) is 37.1 Å². The topological polar surface area (TPSA) is 25.2 Å². The molecular weight excluding hydrogens is 206 g/mol. The Morgan fingerprint density at radius 1 is 1.53 bits per heavy atom. The van der Waals surface area contributed by atoms with E-state index >= 15 is 0 Å². The molecule has 1 atom stereocenters. The van der Waals surface area contributed by atoms with Crippen molar-refractivity contribution in [2.75, 3.05) is 12.8 Å². The largest absolute Gasteiger partial charge is 0.467 e. The molecule has 0 amide bonds. The summed E-state index contributed by atoms with van der Waals surface area (Å²) in [6.07, 6.45) is 9.22. The highest BCUT2D eigenvalue weighted by atomic mass is 32.2. The van der Waals surface area contributed by atoms with Crippen molar-refractivity contribution >= 4 is 11.8 Å². The molecule has 3 rings (SSSR count). The van der Waals surface area contributed by atoms with Crippen molar-refractivity contribution in [3.05, 3.63) is 23.7 Å². The van der Waals surface area contributed by atoms with Crippen LogP contribution in [-0.2, 0) is 6.42 Å². The van der Waals surface area contributed by atoms with E-state index in [0.29, 0.717) is 10.8 Å². The molecule has 0 radical (unpaired) electrons. The van der Waals surface area contributed by atoms with Crippen LogP contribution >= 0.6 is 11.8 Å². The van der Waals surface area contributed by atoms with E-state index < -0.39 is 0 Å². The standard InChI is InChI=1S/C12H17NOS/c1-15-12(5-2-6-12)11-10-9(3-7-13-11)4-8-14-10/h4,8,11,13H,2-3,5-7H2,1H3. The van der Waals surface area contributed by atoms with Crippen LogP contribution in [0.4, 0.5) is 0 Å². The highest BCUT2D eigenvalue weighted by Gasteiger charge is 2.47. The molecule has 2 nitrogen and oxygen atoms in total. The average Bonchev–Trinajstić information content (AvgIpc) is 2.65. The van der Waals surface area contributed by atoms with Crippen LogP contribution < -0.4 is 5.32 Å². The number of nitrogens with one attached hydrogen (secondary N) is 1. The Hall–Kier alpha value is -0.410. The molecule has 1 aromatic heterocycles. The Balaban J connectivity index is 1.95. The van der Waals surface area contributed by atoms with E-state index in [1.807, 2.05) is 18.0 Å². The van der Waals surface area contributed by atoms with Crippen LogP contribution in [0, 0.1) is 0 Å². The molecule has 1 aromatic rings. The predicted molar refractivity (Wildman–Crippen MR) is 63.3 cm³/mol. The summed E-state index contributed by atoms with van der Waals surface area (Å²) in [6.45, 7) is 1.10. The van der Waals surface area contributed by atoms with Crippen molar-refractivity contribution in [1.82, 2.24) is 5.32 Å². The summed E-state index contributed by atoms with van der Waals surface area (Å²) in [5.74, 6) is 1.20. The number of hydrogen-bond donors (Lipinski definition) is 1. The quantitative estimate of drug-likeness (QED) is 0.834. The maximum Gasteiger partial charge on any atom is 0.125 e. The molecule has 0 aromatic carbocycles. The molecule has 1 unspecified atom stereocenters. The van der Waals surface area contributed by atoms with Crippen molar-refractivity contribution in [3.63, 3.8) is 0 Å². The molecule has 2 aliphatic rings. The first kappa shape index (κ1) is 9.79. The van der Waals surface area contributed by atoms with E-state index in [-0.39, 0.29) is 0 Å². The van der Waals surface area contributed by atoms with Gasteiger partial charge in [-0.3, -0.25) is 0 Å². The monoisotopic (exact) mass is 223 g/mol. The highest BCUT2D eigenvalue weighted by molar-refractivity contribution is 8.00. The zero-order valence-corrected chi connectivity index (χ0v) is 9.90. The number of thioether (sulfide) groups is 1. The normalized spacial score (nSPS) is 28.2. The third-order valence-corrected chi connectivity index (χ3v) is 5.38. The van der Waals surface area contributed by atoms with Crippen molar-refractivity contribution < 1.29 is 4.42 Å². The second kappa shape index (κ2) is 3.56. The number of hydrogen-bond acceptors (Lipinski definition) is 3. The van der Waals surface area contributed by atoms with Gasteiger partial charge in [-0.1, -0.05) is 6.42 Å². The van der Waals surface area contributed by atoms with Gasteiger partial charge in [0, 0.05) is 11.3 Å². The number of fused-ring (bicyclic) bond motifs is 1. The average molecular weight is 223 g/mol. The summed E-state index contributed by atoms with van der Waals surface area (Å²) in [5.41, 5.74) is 1.42. The molecule has 1 aliphatic heterocycles. The first-order valence-electron chi connectivity index (χ1n) is 5.70. The van der Waals surface area contributed by atoms with Crippen molar-refractivity contribution in [2.45, 2.75) is 36.5 Å². The van der Waals surface area contributed by atoms with Gasteiger partial charge < -0.3 is 9.73 Å². The second-order valence-electron chi connectivity index (χ2n) is 4.57. The molecule has 82 valence electrons. The molecular formula is C12H17NOS. The van der Waals surface area contributed by atoms with E-state index in [1.165, 1.54) is 30.6 Å².